The van der Waals surface area contributed by atoms with E-state index in [9.17, 15) is 49.2 Å². The smallest absolute Gasteiger partial charge is 0.459 e. The molecule has 6 aliphatic heterocycles. The number of hydrogen-bond donors (Lipinski definition) is 10. The van der Waals surface area contributed by atoms with Crippen molar-refractivity contribution in [1.29, 1.82) is 0 Å². The highest BCUT2D eigenvalue weighted by Gasteiger charge is 2.64. The molecule has 2 saturated carbocycles. The summed E-state index contributed by atoms with van der Waals surface area (Å²) in [6.07, 6.45) is -20.6. The third-order valence-corrected chi connectivity index (χ3v) is 25.3. The first-order chi connectivity index (χ1) is 54.8. The molecule has 6 unspecified atom stereocenters. The average molecular weight is 1720 g/mol. The van der Waals surface area contributed by atoms with Gasteiger partial charge in [0, 0.05) is 166 Å². The van der Waals surface area contributed by atoms with E-state index in [-0.39, 0.29) is 89.9 Å². The predicted molar refractivity (Wildman–Crippen MR) is 446 cm³/mol. The van der Waals surface area contributed by atoms with E-state index < -0.39 is 241 Å². The lowest BCUT2D eigenvalue weighted by molar-refractivity contribution is -0.259. The second-order valence-electron chi connectivity index (χ2n) is 46.3. The second-order valence-corrected chi connectivity index (χ2v) is 46.3. The fourth-order valence-electron chi connectivity index (χ4n) is 23.4. The van der Waals surface area contributed by atoms with E-state index in [1.807, 2.05) is 166 Å². The Labute approximate surface area is 718 Å². The largest absolute Gasteiger partial charge is 0.512 e. The van der Waals surface area contributed by atoms with Crippen LogP contribution in [-0.2, 0) is 75.9 Å². The standard InChI is InChI=1S/C89H154N6O26/c1-31-61(116-67(102)110-51-33-75(7,8)90-76(9,10)34-51)88(118-69(104)112-53-37-79(15,16)92-80(17,18)38-53,119-70(105)113-54-39-81(19,20)93-82(21,22)40-54)65(100)108-49-73(3,4)63-57(96)45-87(46-58(63)97)47-59(98)64(60(99)48-87)74(5,6)50-109-66(101)89(120-71(106)114-55-41-83(23,24)94-84(25,26)42-55,121-72(107)115-56-43-85(27,28)95-86(29,30)44-56)62(32-2)117-68(103)111-52-35-77(11,12)91-78(13,14)36-52/h51-64,90-99H,31-50H2,1-30H3. The molecule has 32 heteroatoms. The Morgan fingerprint density at radius 1 is 0.289 bits per heavy atom. The maximum atomic E-state index is 15.8. The molecular formula is C89H154N6O26. The molecule has 32 nitrogen and oxygen atoms in total. The van der Waals surface area contributed by atoms with Gasteiger partial charge < -0.3 is 119 Å². The molecule has 0 bridgehead atoms. The van der Waals surface area contributed by atoms with Crippen LogP contribution in [-0.4, -0.2) is 234 Å². The lowest BCUT2D eigenvalue weighted by atomic mass is 9.53. The van der Waals surface area contributed by atoms with Gasteiger partial charge in [-0.05, 0) is 210 Å². The molecule has 1 spiro atoms. The zero-order valence-electron chi connectivity index (χ0n) is 78.5. The molecule has 6 atom stereocenters. The number of carbonyl (C=O) groups excluding carboxylic acids is 8. The van der Waals surface area contributed by atoms with Crippen molar-refractivity contribution in [1.82, 2.24) is 31.9 Å². The summed E-state index contributed by atoms with van der Waals surface area (Å²) in [6, 6.07) is 0. The van der Waals surface area contributed by atoms with Gasteiger partial charge in [-0.25, -0.2) is 38.4 Å². The molecule has 2 aliphatic carbocycles. The van der Waals surface area contributed by atoms with E-state index in [2.05, 4.69) is 31.9 Å². The van der Waals surface area contributed by atoms with Crippen LogP contribution in [0.4, 0.5) is 28.8 Å². The van der Waals surface area contributed by atoms with Gasteiger partial charge in [-0.1, -0.05) is 41.5 Å². The summed E-state index contributed by atoms with van der Waals surface area (Å²) in [5.41, 5.74) is -10.6. The van der Waals surface area contributed by atoms with Crippen molar-refractivity contribution < 1.29 is 125 Å². The van der Waals surface area contributed by atoms with Crippen LogP contribution in [0.15, 0.2) is 0 Å². The van der Waals surface area contributed by atoms with E-state index >= 15 is 9.59 Å². The monoisotopic (exact) mass is 1720 g/mol. The summed E-state index contributed by atoms with van der Waals surface area (Å²) < 4.78 is 85.0. The van der Waals surface area contributed by atoms with Gasteiger partial charge in [0.2, 0.25) is 0 Å². The highest BCUT2D eigenvalue weighted by Crippen LogP contribution is 2.56. The van der Waals surface area contributed by atoms with Crippen LogP contribution in [0.25, 0.3) is 0 Å². The summed E-state index contributed by atoms with van der Waals surface area (Å²) in [6.45, 7) is 54.6. The van der Waals surface area contributed by atoms with Crippen LogP contribution in [0.1, 0.15) is 323 Å². The fraction of sp³-hybridized carbons (Fsp3) is 0.910. The lowest BCUT2D eigenvalue weighted by Gasteiger charge is -2.56. The van der Waals surface area contributed by atoms with Crippen LogP contribution in [0, 0.1) is 28.1 Å². The molecule has 8 aliphatic rings. The first-order valence-corrected chi connectivity index (χ1v) is 43.9. The lowest BCUT2D eigenvalue weighted by Crippen LogP contribution is -2.62. The van der Waals surface area contributed by atoms with Gasteiger partial charge in [-0.15, -0.1) is 0 Å². The molecule has 121 heavy (non-hydrogen) atoms. The summed E-state index contributed by atoms with van der Waals surface area (Å²) in [5.74, 6) is -12.0. The molecule has 696 valence electrons. The minimum atomic E-state index is -3.33. The zero-order valence-corrected chi connectivity index (χ0v) is 78.5. The minimum absolute atomic E-state index is 0.125. The number of piperidine rings is 6. The highest BCUT2D eigenvalue weighted by molar-refractivity contribution is 5.85. The van der Waals surface area contributed by atoms with Crippen molar-refractivity contribution in [3.8, 4) is 0 Å². The first kappa shape index (κ1) is 101. The molecular weight excluding hydrogens is 1570 g/mol. The molecule has 0 aromatic rings. The van der Waals surface area contributed by atoms with Gasteiger partial charge in [0.15, 0.2) is 12.2 Å². The van der Waals surface area contributed by atoms with Crippen molar-refractivity contribution >= 4 is 48.9 Å². The number of aliphatic hydroxyl groups excluding tert-OH is 4. The number of nitrogens with one attached hydrogen (secondary N) is 6. The number of esters is 2. The Kier molecular flexibility index (Phi) is 29.7. The van der Waals surface area contributed by atoms with E-state index in [0.717, 1.165) is 0 Å². The molecule has 0 radical (unpaired) electrons. The third-order valence-electron chi connectivity index (χ3n) is 25.3. The van der Waals surface area contributed by atoms with E-state index in [1.54, 1.807) is 27.7 Å². The molecule has 8 rings (SSSR count). The predicted octanol–water partition coefficient (Wildman–Crippen LogP) is 13.1. The zero-order chi connectivity index (χ0) is 91.5. The molecule has 0 aromatic heterocycles. The fourth-order valence-corrected chi connectivity index (χ4v) is 23.4. The maximum absolute atomic E-state index is 15.8. The Morgan fingerprint density at radius 3 is 0.620 bits per heavy atom. The topological polar surface area (TPSA) is 419 Å². The average Bonchev–Trinajstić information content (AvgIpc) is 0.740. The number of hydrogen-bond acceptors (Lipinski definition) is 32. The molecule has 6 heterocycles. The molecule has 0 amide bonds. The van der Waals surface area contributed by atoms with Crippen LogP contribution in [0.5, 0.6) is 0 Å². The normalized spacial score (nSPS) is 29.5. The molecule has 8 fully saturated rings. The van der Waals surface area contributed by atoms with Gasteiger partial charge in [0.05, 0.1) is 37.6 Å². The third kappa shape index (κ3) is 27.1. The Hall–Kier alpha value is -5.84. The molecule has 10 N–H and O–H groups in total. The van der Waals surface area contributed by atoms with Gasteiger partial charge in [-0.2, -0.15) is 0 Å². The molecule has 6 saturated heterocycles. The summed E-state index contributed by atoms with van der Waals surface area (Å²) in [7, 11) is 0. The van der Waals surface area contributed by atoms with E-state index in [4.69, 9.17) is 66.3 Å². The highest BCUT2D eigenvalue weighted by atomic mass is 16.9. The number of rotatable bonds is 24. The van der Waals surface area contributed by atoms with Crippen molar-refractivity contribution in [3.63, 3.8) is 0 Å². The second kappa shape index (κ2) is 35.8. The Bertz CT molecular complexity index is 3210. The summed E-state index contributed by atoms with van der Waals surface area (Å²) >= 11 is 0. The summed E-state index contributed by atoms with van der Waals surface area (Å²) in [5, 5.41) is 71.6. The minimum Gasteiger partial charge on any atom is -0.459 e. The van der Waals surface area contributed by atoms with E-state index in [0.29, 0.717) is 25.7 Å². The van der Waals surface area contributed by atoms with Crippen molar-refractivity contribution in [2.24, 2.45) is 28.1 Å². The van der Waals surface area contributed by atoms with Gasteiger partial charge in [0.1, 0.15) is 36.6 Å². The SMILES string of the molecule is CCC(OC(=O)OC1CC(C)(C)NC(C)(C)C1)C(OC(=O)OC1CC(C)(C)NC(C)(C)C1)(OC(=O)OC1CC(C)(C)NC(C)(C)C1)C(=O)OCC(C)(C)C1C(O)CC2(CC1O)CC(O)C(C(C)(C)COC(=O)C(OC(=O)OC1CC(C)(C)NC(C)(C)C1)(OC(=O)OC1CC(C)(C)NC(C)(C)C1)C(CC)OC(=O)OC1CC(C)(C)NC(C)(C)C1)C(O)C2. The van der Waals surface area contributed by atoms with Crippen molar-refractivity contribution in [3.05, 3.63) is 0 Å². The molecule has 0 aromatic carbocycles. The van der Waals surface area contributed by atoms with Crippen LogP contribution in [0.2, 0.25) is 0 Å². The quantitative estimate of drug-likeness (QED) is 0.0244. The number of ether oxygens (including phenoxy) is 14. The van der Waals surface area contributed by atoms with Crippen LogP contribution < -0.4 is 31.9 Å². The van der Waals surface area contributed by atoms with Crippen molar-refractivity contribution in [2.75, 3.05) is 13.2 Å². The summed E-state index contributed by atoms with van der Waals surface area (Å²) in [4.78, 5) is 119. The van der Waals surface area contributed by atoms with E-state index in [1.165, 1.54) is 13.8 Å². The van der Waals surface area contributed by atoms with Crippen LogP contribution in [0.3, 0.4) is 0 Å². The van der Waals surface area contributed by atoms with Crippen molar-refractivity contribution in [2.45, 2.75) is 475 Å². The van der Waals surface area contributed by atoms with Gasteiger partial charge in [-0.3, -0.25) is 0 Å². The van der Waals surface area contributed by atoms with Crippen LogP contribution >= 0.6 is 0 Å². The number of carbonyl (C=O) groups is 8. The Morgan fingerprint density at radius 2 is 0.455 bits per heavy atom. The van der Waals surface area contributed by atoms with Gasteiger partial charge >= 0.3 is 60.4 Å². The maximum Gasteiger partial charge on any atom is 0.512 e. The Balaban J connectivity index is 1.06. The first-order valence-electron chi connectivity index (χ1n) is 43.9. The van der Waals surface area contributed by atoms with Gasteiger partial charge in [0.25, 0.3) is 0 Å². The number of aliphatic hydroxyl groups is 4.